The molecule has 0 heterocycles. The van der Waals surface area contributed by atoms with Crippen LogP contribution in [0.15, 0.2) is 0 Å². The molecule has 0 amide bonds. The summed E-state index contributed by atoms with van der Waals surface area (Å²) in [4.78, 5) is 12.0. The molecular formula is C12H28O4Si2. The third-order valence-corrected chi connectivity index (χ3v) is 13.2. The lowest BCUT2D eigenvalue weighted by atomic mass is 10.1. The quantitative estimate of drug-likeness (QED) is 0.617. The third-order valence-electron chi connectivity index (χ3n) is 3.38. The number of hydrogen-bond donors (Lipinski definition) is 3. The van der Waals surface area contributed by atoms with E-state index in [9.17, 15) is 15.0 Å². The Morgan fingerprint density at radius 3 is 1.67 bits per heavy atom. The normalized spacial score (nSPS) is 16.8. The highest BCUT2D eigenvalue weighted by molar-refractivity contribution is 6.96. The first-order valence-corrected chi connectivity index (χ1v) is 13.6. The minimum Gasteiger partial charge on any atom is -0.394 e. The van der Waals surface area contributed by atoms with E-state index in [1.807, 2.05) is 0 Å². The van der Waals surface area contributed by atoms with E-state index in [2.05, 4.69) is 39.3 Å². The standard InChI is InChI=1S/C12H28O4Si2/c1-17(2,3)11(18(4,5)6)7-9(14)12(16)10(15)8-13/h10-13,15-16H,7-8H2,1-6H3/t10-,12+/m1/s1. The minimum absolute atomic E-state index is 0.323. The van der Waals surface area contributed by atoms with Crippen LogP contribution in [0.5, 0.6) is 0 Å². The molecule has 0 aromatic rings. The number of Topliss-reactive ketones (excluding diaryl/α,β-unsaturated/α-hetero) is 1. The van der Waals surface area contributed by atoms with E-state index in [0.717, 1.165) is 0 Å². The number of aliphatic hydroxyl groups excluding tert-OH is 3. The average molecular weight is 293 g/mol. The molecule has 0 aliphatic heterocycles. The minimum atomic E-state index is -1.49. The molecule has 0 saturated heterocycles. The van der Waals surface area contributed by atoms with Gasteiger partial charge in [0.15, 0.2) is 5.78 Å². The van der Waals surface area contributed by atoms with Crippen LogP contribution in [0, 0.1) is 0 Å². The van der Waals surface area contributed by atoms with E-state index in [-0.39, 0.29) is 5.78 Å². The second-order valence-corrected chi connectivity index (χ2v) is 18.6. The molecule has 0 aromatic heterocycles. The van der Waals surface area contributed by atoms with Gasteiger partial charge in [-0.1, -0.05) is 39.3 Å². The van der Waals surface area contributed by atoms with Crippen LogP contribution in [0.1, 0.15) is 6.42 Å². The number of hydrogen-bond acceptors (Lipinski definition) is 4. The van der Waals surface area contributed by atoms with Gasteiger partial charge >= 0.3 is 0 Å². The molecule has 0 fully saturated rings. The Kier molecular flexibility index (Phi) is 6.42. The Hall–Kier alpha value is -0.0162. The van der Waals surface area contributed by atoms with E-state index >= 15 is 0 Å². The SMILES string of the molecule is C[Si](C)(C)C(CC(=O)[C@H](O)[C@H](O)CO)[Si](C)(C)C. The van der Waals surface area contributed by atoms with Gasteiger partial charge in [-0.3, -0.25) is 4.79 Å². The Morgan fingerprint density at radius 2 is 1.39 bits per heavy atom. The van der Waals surface area contributed by atoms with Gasteiger partial charge in [-0.2, -0.15) is 0 Å². The van der Waals surface area contributed by atoms with Gasteiger partial charge in [-0.15, -0.1) is 0 Å². The summed E-state index contributed by atoms with van der Waals surface area (Å²) >= 11 is 0. The van der Waals surface area contributed by atoms with E-state index in [1.165, 1.54) is 0 Å². The van der Waals surface area contributed by atoms with Gasteiger partial charge in [0.1, 0.15) is 12.2 Å². The summed E-state index contributed by atoms with van der Waals surface area (Å²) in [6.07, 6.45) is -2.49. The largest absolute Gasteiger partial charge is 0.394 e. The molecule has 0 radical (unpaired) electrons. The molecule has 2 atom stereocenters. The first-order valence-electron chi connectivity index (χ1n) is 6.41. The van der Waals surface area contributed by atoms with Gasteiger partial charge in [0.25, 0.3) is 0 Å². The summed E-state index contributed by atoms with van der Waals surface area (Å²) in [6, 6.07) is 0. The summed E-state index contributed by atoms with van der Waals surface area (Å²) in [5.74, 6) is -0.341. The lowest BCUT2D eigenvalue weighted by Crippen LogP contribution is -2.47. The maximum absolute atomic E-state index is 12.0. The maximum Gasteiger partial charge on any atom is 0.163 e. The van der Waals surface area contributed by atoms with Crippen molar-refractivity contribution in [2.24, 2.45) is 0 Å². The first-order chi connectivity index (χ1) is 7.91. The monoisotopic (exact) mass is 292 g/mol. The zero-order valence-corrected chi connectivity index (χ0v) is 14.4. The van der Waals surface area contributed by atoms with E-state index in [4.69, 9.17) is 5.11 Å². The first kappa shape index (κ1) is 18.0. The molecule has 0 aromatic carbocycles. The molecule has 3 N–H and O–H groups in total. The van der Waals surface area contributed by atoms with Crippen LogP contribution in [0.25, 0.3) is 0 Å². The number of carbonyl (C=O) groups is 1. The Labute approximate surface area is 112 Å². The zero-order chi connectivity index (χ0) is 14.7. The van der Waals surface area contributed by atoms with Gasteiger partial charge in [0.05, 0.1) is 6.61 Å². The van der Waals surface area contributed by atoms with Crippen LogP contribution in [0.3, 0.4) is 0 Å². The molecule has 0 bridgehead atoms. The molecule has 6 heteroatoms. The van der Waals surface area contributed by atoms with Crippen LogP contribution in [-0.2, 0) is 4.79 Å². The highest BCUT2D eigenvalue weighted by Gasteiger charge is 2.40. The molecule has 0 saturated carbocycles. The van der Waals surface area contributed by atoms with Crippen LogP contribution >= 0.6 is 0 Å². The van der Waals surface area contributed by atoms with Gasteiger partial charge in [0.2, 0.25) is 0 Å². The van der Waals surface area contributed by atoms with Crippen molar-refractivity contribution in [2.75, 3.05) is 6.61 Å². The molecule has 0 aliphatic rings. The van der Waals surface area contributed by atoms with Crippen molar-refractivity contribution in [3.63, 3.8) is 0 Å². The van der Waals surface area contributed by atoms with Crippen LogP contribution in [0.4, 0.5) is 0 Å². The van der Waals surface area contributed by atoms with Crippen molar-refractivity contribution in [1.82, 2.24) is 0 Å². The van der Waals surface area contributed by atoms with Crippen molar-refractivity contribution < 1.29 is 20.1 Å². The molecule has 0 rings (SSSR count). The van der Waals surface area contributed by atoms with Gasteiger partial charge in [-0.25, -0.2) is 0 Å². The van der Waals surface area contributed by atoms with Crippen molar-refractivity contribution in [3.05, 3.63) is 0 Å². The molecule has 0 spiro atoms. The third kappa shape index (κ3) is 5.32. The van der Waals surface area contributed by atoms with Crippen LogP contribution in [-0.4, -0.2) is 56.1 Å². The van der Waals surface area contributed by atoms with E-state index in [1.54, 1.807) is 0 Å². The molecular weight excluding hydrogens is 264 g/mol. The van der Waals surface area contributed by atoms with Crippen LogP contribution in [0.2, 0.25) is 44.4 Å². The smallest absolute Gasteiger partial charge is 0.163 e. The Morgan fingerprint density at radius 1 is 1.00 bits per heavy atom. The fraction of sp³-hybridized carbons (Fsp3) is 0.917. The fourth-order valence-corrected chi connectivity index (χ4v) is 14.6. The van der Waals surface area contributed by atoms with Gasteiger partial charge < -0.3 is 15.3 Å². The van der Waals surface area contributed by atoms with Crippen molar-refractivity contribution in [3.8, 4) is 0 Å². The summed E-state index contributed by atoms with van der Waals surface area (Å²) in [5.41, 5.74) is 0. The molecule has 108 valence electrons. The zero-order valence-electron chi connectivity index (χ0n) is 12.4. The summed E-state index contributed by atoms with van der Waals surface area (Å²) < 4.78 is 0. The predicted molar refractivity (Wildman–Crippen MR) is 79.2 cm³/mol. The lowest BCUT2D eigenvalue weighted by molar-refractivity contribution is -0.134. The molecule has 18 heavy (non-hydrogen) atoms. The molecule has 0 aliphatic carbocycles. The Bertz CT molecular complexity index is 267. The summed E-state index contributed by atoms with van der Waals surface area (Å²) in [6.45, 7) is 12.8. The number of aliphatic hydroxyl groups is 3. The summed E-state index contributed by atoms with van der Waals surface area (Å²) in [5, 5.41) is 28.1. The average Bonchev–Trinajstić information content (AvgIpc) is 2.19. The van der Waals surface area contributed by atoms with Crippen molar-refractivity contribution in [2.45, 2.75) is 63.1 Å². The lowest BCUT2D eigenvalue weighted by Gasteiger charge is -2.38. The second-order valence-electron chi connectivity index (χ2n) is 7.15. The fourth-order valence-electron chi connectivity index (χ4n) is 2.55. The van der Waals surface area contributed by atoms with Crippen molar-refractivity contribution in [1.29, 1.82) is 0 Å². The highest BCUT2D eigenvalue weighted by atomic mass is 28.4. The van der Waals surface area contributed by atoms with Gasteiger partial charge in [0, 0.05) is 22.6 Å². The maximum atomic E-state index is 12.0. The molecule has 0 unspecified atom stereocenters. The van der Waals surface area contributed by atoms with Crippen LogP contribution < -0.4 is 0 Å². The number of carbonyl (C=O) groups excluding carboxylic acids is 1. The van der Waals surface area contributed by atoms with E-state index < -0.39 is 35.0 Å². The number of ketones is 1. The highest BCUT2D eigenvalue weighted by Crippen LogP contribution is 2.35. The number of rotatable bonds is 7. The predicted octanol–water partition coefficient (Wildman–Crippen LogP) is 1.25. The van der Waals surface area contributed by atoms with E-state index in [0.29, 0.717) is 11.6 Å². The van der Waals surface area contributed by atoms with Crippen molar-refractivity contribution >= 4 is 21.9 Å². The Balaban J connectivity index is 4.87. The molecule has 4 nitrogen and oxygen atoms in total. The summed E-state index contributed by atoms with van der Waals surface area (Å²) in [7, 11) is -2.98. The van der Waals surface area contributed by atoms with Gasteiger partial charge in [-0.05, 0) is 5.16 Å². The second kappa shape index (κ2) is 6.43. The topological polar surface area (TPSA) is 77.8 Å².